The molecule has 1 fully saturated rings. The van der Waals surface area contributed by atoms with Crippen LogP contribution in [0.3, 0.4) is 0 Å². The zero-order valence-corrected chi connectivity index (χ0v) is 13.7. The Morgan fingerprint density at radius 2 is 2.00 bits per heavy atom. The molecule has 5 heteroatoms. The molecular weight excluding hydrogens is 344 g/mol. The zero-order valence-electron chi connectivity index (χ0n) is 12.1. The fraction of sp³-hybridized carbons (Fsp3) is 0.294. The number of benzene rings is 1. The lowest BCUT2D eigenvalue weighted by atomic mass is 10.1. The Morgan fingerprint density at radius 1 is 1.18 bits per heavy atom. The number of rotatable bonds is 3. The summed E-state index contributed by atoms with van der Waals surface area (Å²) in [6.45, 7) is 1.42. The van der Waals surface area contributed by atoms with Gasteiger partial charge in [-0.1, -0.05) is 28.1 Å². The van der Waals surface area contributed by atoms with Crippen LogP contribution in [0.4, 0.5) is 0 Å². The van der Waals surface area contributed by atoms with Crippen molar-refractivity contribution >= 4 is 21.8 Å². The predicted molar refractivity (Wildman–Crippen MR) is 87.9 cm³/mol. The van der Waals surface area contributed by atoms with Crippen LogP contribution in [0.15, 0.2) is 53.1 Å². The monoisotopic (exact) mass is 360 g/mol. The second-order valence-electron chi connectivity index (χ2n) is 5.29. The van der Waals surface area contributed by atoms with Gasteiger partial charge in [0.1, 0.15) is 6.10 Å². The van der Waals surface area contributed by atoms with Gasteiger partial charge in [0.05, 0.1) is 0 Å². The molecule has 0 atom stereocenters. The average Bonchev–Trinajstić information content (AvgIpc) is 2.56. The third-order valence-electron chi connectivity index (χ3n) is 3.73. The lowest BCUT2D eigenvalue weighted by Gasteiger charge is -2.32. The molecule has 1 aliphatic rings. The Bertz CT molecular complexity index is 640. The van der Waals surface area contributed by atoms with Crippen molar-refractivity contribution in [3.05, 3.63) is 58.7 Å². The van der Waals surface area contributed by atoms with Crippen molar-refractivity contribution in [3.8, 4) is 5.88 Å². The predicted octanol–water partition coefficient (Wildman–Crippen LogP) is 3.53. The number of hydrogen-bond donors (Lipinski definition) is 0. The van der Waals surface area contributed by atoms with E-state index in [1.54, 1.807) is 6.20 Å². The second kappa shape index (κ2) is 6.92. The minimum atomic E-state index is 0.0811. The summed E-state index contributed by atoms with van der Waals surface area (Å²) in [6, 6.07) is 13.2. The molecule has 0 spiro atoms. The average molecular weight is 361 g/mol. The first-order chi connectivity index (χ1) is 10.7. The molecule has 0 aliphatic carbocycles. The Labute approximate surface area is 138 Å². The summed E-state index contributed by atoms with van der Waals surface area (Å²) in [5, 5.41) is 0. The van der Waals surface area contributed by atoms with E-state index in [2.05, 4.69) is 20.9 Å². The Morgan fingerprint density at radius 3 is 2.68 bits per heavy atom. The molecular formula is C17H17BrN2O2. The van der Waals surface area contributed by atoms with E-state index in [1.165, 1.54) is 0 Å². The molecule has 114 valence electrons. The summed E-state index contributed by atoms with van der Waals surface area (Å²) in [6.07, 6.45) is 3.51. The first-order valence-corrected chi connectivity index (χ1v) is 8.14. The Balaban J connectivity index is 1.56. The van der Waals surface area contributed by atoms with E-state index in [4.69, 9.17) is 4.74 Å². The largest absolute Gasteiger partial charge is 0.474 e. The number of pyridine rings is 1. The number of aromatic nitrogens is 1. The van der Waals surface area contributed by atoms with E-state index in [0.717, 1.165) is 22.9 Å². The summed E-state index contributed by atoms with van der Waals surface area (Å²) in [5.41, 5.74) is 0.721. The number of carbonyl (C=O) groups is 1. The smallest absolute Gasteiger partial charge is 0.253 e. The molecule has 1 saturated heterocycles. The van der Waals surface area contributed by atoms with Crippen molar-refractivity contribution in [1.29, 1.82) is 0 Å². The quantitative estimate of drug-likeness (QED) is 0.840. The van der Waals surface area contributed by atoms with Gasteiger partial charge in [0.15, 0.2) is 0 Å². The van der Waals surface area contributed by atoms with Crippen molar-refractivity contribution in [2.45, 2.75) is 18.9 Å². The number of amides is 1. The van der Waals surface area contributed by atoms with Crippen molar-refractivity contribution < 1.29 is 9.53 Å². The van der Waals surface area contributed by atoms with E-state index in [0.29, 0.717) is 19.0 Å². The third kappa shape index (κ3) is 3.65. The van der Waals surface area contributed by atoms with Crippen LogP contribution >= 0.6 is 15.9 Å². The summed E-state index contributed by atoms with van der Waals surface area (Å²) in [5.74, 6) is 0.733. The van der Waals surface area contributed by atoms with Crippen LogP contribution in [-0.2, 0) is 0 Å². The van der Waals surface area contributed by atoms with E-state index in [-0.39, 0.29) is 12.0 Å². The molecule has 2 heterocycles. The maximum absolute atomic E-state index is 12.5. The molecule has 3 rings (SSSR count). The molecule has 4 nitrogen and oxygen atoms in total. The zero-order chi connectivity index (χ0) is 15.4. The lowest BCUT2D eigenvalue weighted by Crippen LogP contribution is -2.41. The van der Waals surface area contributed by atoms with E-state index in [1.807, 2.05) is 47.4 Å². The van der Waals surface area contributed by atoms with Crippen LogP contribution < -0.4 is 4.74 Å². The standard InChI is InChI=1S/C17H17BrN2O2/c18-14-5-3-4-13(12-14)17(21)20-10-7-15(8-11-20)22-16-6-1-2-9-19-16/h1-6,9,12,15H,7-8,10-11H2. The van der Waals surface area contributed by atoms with Crippen molar-refractivity contribution in [3.63, 3.8) is 0 Å². The number of halogens is 1. The molecule has 1 aliphatic heterocycles. The van der Waals surface area contributed by atoms with Crippen molar-refractivity contribution in [1.82, 2.24) is 9.88 Å². The third-order valence-corrected chi connectivity index (χ3v) is 4.22. The van der Waals surface area contributed by atoms with Crippen LogP contribution in [0.25, 0.3) is 0 Å². The molecule has 0 saturated carbocycles. The van der Waals surface area contributed by atoms with E-state index < -0.39 is 0 Å². The summed E-state index contributed by atoms with van der Waals surface area (Å²) < 4.78 is 6.77. The van der Waals surface area contributed by atoms with Gasteiger partial charge < -0.3 is 9.64 Å². The van der Waals surface area contributed by atoms with Gasteiger partial charge in [-0.2, -0.15) is 0 Å². The van der Waals surface area contributed by atoms with E-state index >= 15 is 0 Å². The van der Waals surface area contributed by atoms with Gasteiger partial charge in [-0.05, 0) is 24.3 Å². The molecule has 0 unspecified atom stereocenters. The number of piperidine rings is 1. The van der Waals surface area contributed by atoms with E-state index in [9.17, 15) is 4.79 Å². The normalized spacial score (nSPS) is 15.6. The molecule has 22 heavy (non-hydrogen) atoms. The SMILES string of the molecule is O=C(c1cccc(Br)c1)N1CCC(Oc2ccccn2)CC1. The fourth-order valence-corrected chi connectivity index (χ4v) is 2.97. The number of ether oxygens (including phenoxy) is 1. The molecule has 1 amide bonds. The van der Waals surface area contributed by atoms with Crippen LogP contribution in [0.1, 0.15) is 23.2 Å². The molecule has 2 aromatic rings. The summed E-state index contributed by atoms with van der Waals surface area (Å²) >= 11 is 3.40. The van der Waals surface area contributed by atoms with Crippen LogP contribution in [0.5, 0.6) is 5.88 Å². The van der Waals surface area contributed by atoms with Gasteiger partial charge in [-0.15, -0.1) is 0 Å². The highest BCUT2D eigenvalue weighted by atomic mass is 79.9. The van der Waals surface area contributed by atoms with Crippen LogP contribution in [-0.4, -0.2) is 35.0 Å². The second-order valence-corrected chi connectivity index (χ2v) is 6.20. The number of hydrogen-bond acceptors (Lipinski definition) is 3. The highest BCUT2D eigenvalue weighted by Crippen LogP contribution is 2.19. The Kier molecular flexibility index (Phi) is 4.73. The van der Waals surface area contributed by atoms with Crippen molar-refractivity contribution in [2.24, 2.45) is 0 Å². The molecule has 0 bridgehead atoms. The highest BCUT2D eigenvalue weighted by molar-refractivity contribution is 9.10. The maximum Gasteiger partial charge on any atom is 0.253 e. The number of nitrogens with zero attached hydrogens (tertiary/aromatic N) is 2. The van der Waals surface area contributed by atoms with Gasteiger partial charge in [0, 0.05) is 48.2 Å². The van der Waals surface area contributed by atoms with Gasteiger partial charge in [0.25, 0.3) is 5.91 Å². The van der Waals surface area contributed by atoms with Gasteiger partial charge in [0.2, 0.25) is 5.88 Å². The van der Waals surface area contributed by atoms with Crippen molar-refractivity contribution in [2.75, 3.05) is 13.1 Å². The Hall–Kier alpha value is -1.88. The molecule has 1 aromatic heterocycles. The first-order valence-electron chi connectivity index (χ1n) is 7.35. The summed E-state index contributed by atoms with van der Waals surface area (Å²) in [4.78, 5) is 18.5. The van der Waals surface area contributed by atoms with Gasteiger partial charge in [-0.25, -0.2) is 4.98 Å². The molecule has 1 aromatic carbocycles. The fourth-order valence-electron chi connectivity index (χ4n) is 2.57. The van der Waals surface area contributed by atoms with Crippen LogP contribution in [0, 0.1) is 0 Å². The number of carbonyl (C=O) groups excluding carboxylic acids is 1. The highest BCUT2D eigenvalue weighted by Gasteiger charge is 2.24. The first kappa shape index (κ1) is 15.0. The van der Waals surface area contributed by atoms with Gasteiger partial charge in [-0.3, -0.25) is 4.79 Å². The van der Waals surface area contributed by atoms with Gasteiger partial charge >= 0.3 is 0 Å². The number of likely N-dealkylation sites (tertiary alicyclic amines) is 1. The summed E-state index contributed by atoms with van der Waals surface area (Å²) in [7, 11) is 0. The van der Waals surface area contributed by atoms with Crippen LogP contribution in [0.2, 0.25) is 0 Å². The minimum Gasteiger partial charge on any atom is -0.474 e. The molecule has 0 N–H and O–H groups in total. The minimum absolute atomic E-state index is 0.0811. The maximum atomic E-state index is 12.5. The molecule has 0 radical (unpaired) electrons. The lowest BCUT2D eigenvalue weighted by molar-refractivity contribution is 0.0588. The topological polar surface area (TPSA) is 42.4 Å².